The van der Waals surface area contributed by atoms with E-state index in [0.29, 0.717) is 10.9 Å². The van der Waals surface area contributed by atoms with Crippen molar-refractivity contribution in [2.75, 3.05) is 14.2 Å². The van der Waals surface area contributed by atoms with Gasteiger partial charge in [0.1, 0.15) is 11.4 Å². The van der Waals surface area contributed by atoms with Crippen molar-refractivity contribution in [3.05, 3.63) is 41.7 Å². The summed E-state index contributed by atoms with van der Waals surface area (Å²) in [6.45, 7) is 0. The number of fused-ring (bicyclic) bond motifs is 3. The molecular formula is C15H11F3N2O3. The molecule has 3 heterocycles. The standard InChI is InChI=1S/C15H11F3N2O3/c1-22-11-6-12(15(16,17)18)19-13-10(11)4-3-9-5-8(7-20(9)13)14(21)23-2/h3-7H,1-2H3. The topological polar surface area (TPSA) is 52.8 Å². The Morgan fingerprint density at radius 1 is 1.22 bits per heavy atom. The highest BCUT2D eigenvalue weighted by atomic mass is 19.4. The smallest absolute Gasteiger partial charge is 0.433 e. The van der Waals surface area contributed by atoms with Crippen LogP contribution in [-0.2, 0) is 10.9 Å². The lowest BCUT2D eigenvalue weighted by atomic mass is 10.2. The van der Waals surface area contributed by atoms with E-state index in [9.17, 15) is 18.0 Å². The summed E-state index contributed by atoms with van der Waals surface area (Å²) in [5, 5.41) is 0.403. The van der Waals surface area contributed by atoms with Crippen LogP contribution in [0.1, 0.15) is 16.1 Å². The molecule has 0 amide bonds. The number of alkyl halides is 3. The van der Waals surface area contributed by atoms with Crippen molar-refractivity contribution < 1.29 is 27.4 Å². The third kappa shape index (κ3) is 2.45. The predicted octanol–water partition coefficient (Wildman–Crippen LogP) is 3.30. The van der Waals surface area contributed by atoms with Gasteiger partial charge in [-0.1, -0.05) is 0 Å². The lowest BCUT2D eigenvalue weighted by molar-refractivity contribution is -0.141. The van der Waals surface area contributed by atoms with E-state index in [-0.39, 0.29) is 17.0 Å². The van der Waals surface area contributed by atoms with Crippen LogP contribution in [0, 0.1) is 0 Å². The van der Waals surface area contributed by atoms with Crippen LogP contribution in [0.5, 0.6) is 5.75 Å². The van der Waals surface area contributed by atoms with E-state index in [1.165, 1.54) is 30.9 Å². The fourth-order valence-electron chi connectivity index (χ4n) is 2.36. The Morgan fingerprint density at radius 2 is 1.96 bits per heavy atom. The van der Waals surface area contributed by atoms with Gasteiger partial charge in [0.15, 0.2) is 5.69 Å². The minimum absolute atomic E-state index is 0.0457. The van der Waals surface area contributed by atoms with Crippen molar-refractivity contribution in [3.63, 3.8) is 0 Å². The van der Waals surface area contributed by atoms with Crippen LogP contribution < -0.4 is 4.74 Å². The Morgan fingerprint density at radius 3 is 2.57 bits per heavy atom. The average molecular weight is 324 g/mol. The lowest BCUT2D eigenvalue weighted by Crippen LogP contribution is -2.09. The zero-order valence-corrected chi connectivity index (χ0v) is 12.1. The van der Waals surface area contributed by atoms with Gasteiger partial charge < -0.3 is 13.9 Å². The number of methoxy groups -OCH3 is 2. The monoisotopic (exact) mass is 324 g/mol. The van der Waals surface area contributed by atoms with E-state index in [2.05, 4.69) is 9.72 Å². The molecular weight excluding hydrogens is 313 g/mol. The molecule has 0 saturated heterocycles. The maximum absolute atomic E-state index is 13.0. The maximum Gasteiger partial charge on any atom is 0.433 e. The van der Waals surface area contributed by atoms with Crippen LogP contribution in [-0.4, -0.2) is 29.6 Å². The van der Waals surface area contributed by atoms with Crippen molar-refractivity contribution in [1.29, 1.82) is 0 Å². The van der Waals surface area contributed by atoms with Gasteiger partial charge in [-0.05, 0) is 18.2 Å². The molecule has 0 bridgehead atoms. The van der Waals surface area contributed by atoms with Gasteiger partial charge in [0.25, 0.3) is 0 Å². The maximum atomic E-state index is 13.0. The summed E-state index contributed by atoms with van der Waals surface area (Å²) >= 11 is 0. The number of halogens is 3. The second kappa shape index (κ2) is 5.15. The van der Waals surface area contributed by atoms with E-state index in [1.54, 1.807) is 12.1 Å². The highest BCUT2D eigenvalue weighted by molar-refractivity contribution is 5.93. The highest BCUT2D eigenvalue weighted by Gasteiger charge is 2.34. The first kappa shape index (κ1) is 15.1. The molecule has 8 heteroatoms. The molecule has 0 atom stereocenters. The van der Waals surface area contributed by atoms with E-state index >= 15 is 0 Å². The van der Waals surface area contributed by atoms with Crippen molar-refractivity contribution >= 4 is 22.5 Å². The Hall–Kier alpha value is -2.77. The Balaban J connectivity index is 2.37. The van der Waals surface area contributed by atoms with Crippen LogP contribution in [0.3, 0.4) is 0 Å². The summed E-state index contributed by atoms with van der Waals surface area (Å²) in [4.78, 5) is 15.3. The molecule has 3 aromatic heterocycles. The molecule has 0 aliphatic heterocycles. The molecule has 0 spiro atoms. The molecule has 0 aliphatic rings. The van der Waals surface area contributed by atoms with Crippen LogP contribution in [0.15, 0.2) is 30.5 Å². The van der Waals surface area contributed by atoms with Crippen LogP contribution in [0.4, 0.5) is 13.2 Å². The van der Waals surface area contributed by atoms with Crippen LogP contribution in [0.25, 0.3) is 16.6 Å². The van der Waals surface area contributed by atoms with E-state index < -0.39 is 17.8 Å². The Kier molecular flexibility index (Phi) is 3.39. The molecule has 0 aliphatic carbocycles. The summed E-state index contributed by atoms with van der Waals surface area (Å²) in [6.07, 6.45) is -3.22. The molecule has 120 valence electrons. The fourth-order valence-corrected chi connectivity index (χ4v) is 2.36. The first-order chi connectivity index (χ1) is 10.8. The molecule has 0 fully saturated rings. The summed E-state index contributed by atoms with van der Waals surface area (Å²) in [5.74, 6) is -0.529. The van der Waals surface area contributed by atoms with Gasteiger partial charge in [0, 0.05) is 17.8 Å². The summed E-state index contributed by atoms with van der Waals surface area (Å²) in [6, 6.07) is 5.61. The predicted molar refractivity (Wildman–Crippen MR) is 75.6 cm³/mol. The number of aromatic nitrogens is 2. The number of pyridine rings is 2. The van der Waals surface area contributed by atoms with Gasteiger partial charge >= 0.3 is 12.1 Å². The molecule has 0 N–H and O–H groups in total. The number of esters is 1. The summed E-state index contributed by atoms with van der Waals surface area (Å²) < 4.78 is 50.1. The SMILES string of the molecule is COC(=O)c1cc2ccc3c(OC)cc(C(F)(F)F)nc3n2c1. The van der Waals surface area contributed by atoms with Gasteiger partial charge in [0.05, 0.1) is 25.2 Å². The number of rotatable bonds is 2. The van der Waals surface area contributed by atoms with E-state index in [4.69, 9.17) is 4.74 Å². The third-order valence-corrected chi connectivity index (χ3v) is 3.43. The Bertz CT molecular complexity index is 916. The number of ether oxygens (including phenoxy) is 2. The van der Waals surface area contributed by atoms with Gasteiger partial charge in [-0.25, -0.2) is 9.78 Å². The third-order valence-electron chi connectivity index (χ3n) is 3.43. The van der Waals surface area contributed by atoms with Crippen LogP contribution in [0.2, 0.25) is 0 Å². The van der Waals surface area contributed by atoms with Crippen LogP contribution >= 0.6 is 0 Å². The molecule has 3 aromatic rings. The molecule has 23 heavy (non-hydrogen) atoms. The minimum Gasteiger partial charge on any atom is -0.496 e. The Labute approximate surface area is 128 Å². The van der Waals surface area contributed by atoms with Gasteiger partial charge in [0.2, 0.25) is 0 Å². The van der Waals surface area contributed by atoms with E-state index in [0.717, 1.165) is 6.07 Å². The highest BCUT2D eigenvalue weighted by Crippen LogP contribution is 2.34. The van der Waals surface area contributed by atoms with Gasteiger partial charge in [-0.3, -0.25) is 0 Å². The zero-order chi connectivity index (χ0) is 16.8. The van der Waals surface area contributed by atoms with Crippen molar-refractivity contribution in [1.82, 2.24) is 9.38 Å². The lowest BCUT2D eigenvalue weighted by Gasteiger charge is -2.12. The van der Waals surface area contributed by atoms with Crippen molar-refractivity contribution in [2.45, 2.75) is 6.18 Å². The number of carbonyl (C=O) groups is 1. The largest absolute Gasteiger partial charge is 0.496 e. The number of hydrogen-bond donors (Lipinski definition) is 0. The second-order valence-corrected chi connectivity index (χ2v) is 4.79. The molecule has 0 aromatic carbocycles. The van der Waals surface area contributed by atoms with Gasteiger partial charge in [-0.2, -0.15) is 13.2 Å². The number of carbonyl (C=O) groups excluding carboxylic acids is 1. The van der Waals surface area contributed by atoms with Crippen molar-refractivity contribution in [2.24, 2.45) is 0 Å². The summed E-state index contributed by atoms with van der Waals surface area (Å²) in [5.41, 5.74) is -0.281. The normalized spacial score (nSPS) is 11.9. The second-order valence-electron chi connectivity index (χ2n) is 4.79. The number of hydrogen-bond acceptors (Lipinski definition) is 4. The van der Waals surface area contributed by atoms with Crippen molar-refractivity contribution in [3.8, 4) is 5.75 Å². The zero-order valence-electron chi connectivity index (χ0n) is 12.1. The first-order valence-corrected chi connectivity index (χ1v) is 6.50. The first-order valence-electron chi connectivity index (χ1n) is 6.50. The average Bonchev–Trinajstić information content (AvgIpc) is 2.96. The molecule has 0 saturated carbocycles. The molecule has 0 unspecified atom stereocenters. The molecule has 0 radical (unpaired) electrons. The minimum atomic E-state index is -4.61. The van der Waals surface area contributed by atoms with Gasteiger partial charge in [-0.15, -0.1) is 0 Å². The van der Waals surface area contributed by atoms with E-state index in [1.807, 2.05) is 0 Å². The molecule has 5 nitrogen and oxygen atoms in total. The summed E-state index contributed by atoms with van der Waals surface area (Å²) in [7, 11) is 2.51. The fraction of sp³-hybridized carbons (Fsp3) is 0.200. The number of nitrogens with zero attached hydrogens (tertiary/aromatic N) is 2. The molecule has 3 rings (SSSR count). The quantitative estimate of drug-likeness (QED) is 0.679.